The average Bonchev–Trinajstić information content (AvgIpc) is 2.66. The first-order valence-electron chi connectivity index (χ1n) is 5.96. The fraction of sp³-hybridized carbons (Fsp3) is 0.615. The van der Waals surface area contributed by atoms with E-state index in [2.05, 4.69) is 30.2 Å². The maximum atomic E-state index is 4.35. The summed E-state index contributed by atoms with van der Waals surface area (Å²) in [4.78, 5) is 4.35. The third kappa shape index (κ3) is 3.63. The van der Waals surface area contributed by atoms with E-state index in [0.29, 0.717) is 6.04 Å². The van der Waals surface area contributed by atoms with Crippen LogP contribution < -0.4 is 5.32 Å². The highest BCUT2D eigenvalue weighted by Crippen LogP contribution is 2.23. The van der Waals surface area contributed by atoms with E-state index in [-0.39, 0.29) is 0 Å². The van der Waals surface area contributed by atoms with Gasteiger partial charge in [0.05, 0.1) is 5.69 Å². The number of nitrogens with zero attached hydrogens (tertiary/aromatic N) is 1. The largest absolute Gasteiger partial charge is 0.304 e. The Morgan fingerprint density at radius 1 is 1.27 bits per heavy atom. The molecule has 2 heterocycles. The zero-order valence-corrected chi connectivity index (χ0v) is 10.9. The van der Waals surface area contributed by atoms with E-state index in [9.17, 15) is 0 Å². The van der Waals surface area contributed by atoms with E-state index in [1.165, 1.54) is 16.8 Å². The van der Waals surface area contributed by atoms with Gasteiger partial charge in [-0.05, 0) is 25.0 Å². The van der Waals surface area contributed by atoms with Gasteiger partial charge in [0.25, 0.3) is 0 Å². The van der Waals surface area contributed by atoms with Crippen molar-refractivity contribution in [1.29, 1.82) is 0 Å². The molecule has 1 aliphatic heterocycles. The van der Waals surface area contributed by atoms with Crippen molar-refractivity contribution in [2.24, 2.45) is 0 Å². The Bertz CT molecular complexity index is 282. The van der Waals surface area contributed by atoms with Crippen molar-refractivity contribution < 1.29 is 0 Å². The number of hydrogen-bond donors (Lipinski definition) is 1. The maximum Gasteiger partial charge on any atom is 0.0589 e. The molecule has 1 aliphatic rings. The fourth-order valence-corrected chi connectivity index (χ4v) is 1.50. The second-order valence-corrected chi connectivity index (χ2v) is 3.15. The third-order valence-electron chi connectivity index (χ3n) is 2.18. The lowest BCUT2D eigenvalue weighted by Gasteiger charge is -2.03. The van der Waals surface area contributed by atoms with Crippen LogP contribution in [0.15, 0.2) is 12.3 Å². The minimum atomic E-state index is 0.484. The van der Waals surface area contributed by atoms with Crippen LogP contribution in [0, 0.1) is 6.92 Å². The smallest absolute Gasteiger partial charge is 0.0589 e. The Morgan fingerprint density at radius 3 is 2.47 bits per heavy atom. The van der Waals surface area contributed by atoms with E-state index in [1.54, 1.807) is 0 Å². The first-order valence-corrected chi connectivity index (χ1v) is 5.96. The first kappa shape index (κ1) is 14.1. The van der Waals surface area contributed by atoms with Crippen LogP contribution in [0.1, 0.15) is 57.5 Å². The Hall–Kier alpha value is -0.890. The number of nitrogens with one attached hydrogen (secondary N) is 1. The Morgan fingerprint density at radius 2 is 1.87 bits per heavy atom. The molecular formula is C13H24N2. The summed E-state index contributed by atoms with van der Waals surface area (Å²) in [6.45, 7) is 13.2. The van der Waals surface area contributed by atoms with Crippen LogP contribution >= 0.6 is 0 Å². The summed E-state index contributed by atoms with van der Waals surface area (Å²) < 4.78 is 0. The number of aryl methyl sites for hydroxylation is 1. The van der Waals surface area contributed by atoms with Crippen molar-refractivity contribution in [2.75, 3.05) is 0 Å². The van der Waals surface area contributed by atoms with Crippen molar-refractivity contribution in [3.05, 3.63) is 29.1 Å². The van der Waals surface area contributed by atoms with E-state index in [1.807, 2.05) is 33.9 Å². The molecule has 0 saturated heterocycles. The molecular weight excluding hydrogens is 184 g/mol. The molecule has 0 amide bonds. The van der Waals surface area contributed by atoms with Gasteiger partial charge in [-0.15, -0.1) is 0 Å². The molecule has 1 unspecified atom stereocenters. The fourth-order valence-electron chi connectivity index (χ4n) is 1.50. The van der Waals surface area contributed by atoms with E-state index in [4.69, 9.17) is 0 Å². The summed E-state index contributed by atoms with van der Waals surface area (Å²) in [5, 5.41) is 3.35. The van der Waals surface area contributed by atoms with Crippen molar-refractivity contribution in [2.45, 2.75) is 54.1 Å². The van der Waals surface area contributed by atoms with Crippen LogP contribution in [0.2, 0.25) is 0 Å². The number of aromatic nitrogens is 1. The molecule has 2 rings (SSSR count). The van der Waals surface area contributed by atoms with Gasteiger partial charge >= 0.3 is 0 Å². The number of fused-ring (bicyclic) bond motifs is 1. The number of pyridine rings is 1. The van der Waals surface area contributed by atoms with Crippen LogP contribution in [0.3, 0.4) is 0 Å². The summed E-state index contributed by atoms with van der Waals surface area (Å²) in [7, 11) is 0. The molecule has 0 aromatic carbocycles. The SMILES string of the molecule is CC.CC.Cc1cnc2c(c1)C(C)NC2. The zero-order valence-electron chi connectivity index (χ0n) is 10.9. The summed E-state index contributed by atoms with van der Waals surface area (Å²) in [6.07, 6.45) is 1.93. The molecule has 86 valence electrons. The van der Waals surface area contributed by atoms with Gasteiger partial charge in [-0.1, -0.05) is 33.8 Å². The summed E-state index contributed by atoms with van der Waals surface area (Å²) >= 11 is 0. The van der Waals surface area contributed by atoms with E-state index < -0.39 is 0 Å². The van der Waals surface area contributed by atoms with Crippen molar-refractivity contribution in [1.82, 2.24) is 10.3 Å². The molecule has 0 radical (unpaired) electrons. The van der Waals surface area contributed by atoms with Gasteiger partial charge in [0.2, 0.25) is 0 Å². The Kier molecular flexibility index (Phi) is 6.97. The van der Waals surface area contributed by atoms with Gasteiger partial charge in [-0.25, -0.2) is 0 Å². The summed E-state index contributed by atoms with van der Waals surface area (Å²) in [5.74, 6) is 0. The second-order valence-electron chi connectivity index (χ2n) is 3.15. The predicted octanol–water partition coefficient (Wildman–Crippen LogP) is 3.61. The molecule has 2 nitrogen and oxygen atoms in total. The molecule has 1 N–H and O–H groups in total. The van der Waals surface area contributed by atoms with Crippen molar-refractivity contribution in [3.63, 3.8) is 0 Å². The maximum absolute atomic E-state index is 4.35. The van der Waals surface area contributed by atoms with Gasteiger partial charge in [0, 0.05) is 18.8 Å². The van der Waals surface area contributed by atoms with Gasteiger partial charge in [0.15, 0.2) is 0 Å². The highest BCUT2D eigenvalue weighted by molar-refractivity contribution is 5.30. The first-order chi connectivity index (χ1) is 7.27. The summed E-state index contributed by atoms with van der Waals surface area (Å²) in [6, 6.07) is 2.70. The van der Waals surface area contributed by atoms with Crippen LogP contribution in [-0.4, -0.2) is 4.98 Å². The molecule has 1 aromatic rings. The molecule has 0 fully saturated rings. The quantitative estimate of drug-likeness (QED) is 0.704. The van der Waals surface area contributed by atoms with Gasteiger partial charge < -0.3 is 5.32 Å². The lowest BCUT2D eigenvalue weighted by molar-refractivity contribution is 0.632. The third-order valence-corrected chi connectivity index (χ3v) is 2.18. The van der Waals surface area contributed by atoms with E-state index >= 15 is 0 Å². The predicted molar refractivity (Wildman–Crippen MR) is 66.9 cm³/mol. The van der Waals surface area contributed by atoms with Gasteiger partial charge in [0.1, 0.15) is 0 Å². The van der Waals surface area contributed by atoms with Gasteiger partial charge in [-0.2, -0.15) is 0 Å². The lowest BCUT2D eigenvalue weighted by atomic mass is 10.1. The number of hydrogen-bond acceptors (Lipinski definition) is 2. The second kappa shape index (κ2) is 7.41. The Labute approximate surface area is 94.1 Å². The highest BCUT2D eigenvalue weighted by atomic mass is 15.0. The van der Waals surface area contributed by atoms with Crippen LogP contribution in [-0.2, 0) is 6.54 Å². The van der Waals surface area contributed by atoms with E-state index in [0.717, 1.165) is 6.54 Å². The normalized spacial score (nSPS) is 16.8. The molecule has 0 aliphatic carbocycles. The average molecular weight is 208 g/mol. The molecule has 1 aromatic heterocycles. The monoisotopic (exact) mass is 208 g/mol. The topological polar surface area (TPSA) is 24.9 Å². The minimum absolute atomic E-state index is 0.484. The molecule has 15 heavy (non-hydrogen) atoms. The highest BCUT2D eigenvalue weighted by Gasteiger charge is 2.17. The lowest BCUT2D eigenvalue weighted by Crippen LogP contribution is -2.07. The molecule has 0 saturated carbocycles. The number of rotatable bonds is 0. The Balaban J connectivity index is 0.000000442. The summed E-state index contributed by atoms with van der Waals surface area (Å²) in [5.41, 5.74) is 3.83. The minimum Gasteiger partial charge on any atom is -0.304 e. The zero-order chi connectivity index (χ0) is 11.8. The van der Waals surface area contributed by atoms with Crippen molar-refractivity contribution >= 4 is 0 Å². The molecule has 2 heteroatoms. The van der Waals surface area contributed by atoms with Gasteiger partial charge in [-0.3, -0.25) is 4.98 Å². The molecule has 1 atom stereocenters. The van der Waals surface area contributed by atoms with Crippen LogP contribution in [0.4, 0.5) is 0 Å². The van der Waals surface area contributed by atoms with Crippen LogP contribution in [0.5, 0.6) is 0 Å². The van der Waals surface area contributed by atoms with Crippen molar-refractivity contribution in [3.8, 4) is 0 Å². The molecule has 0 spiro atoms. The van der Waals surface area contributed by atoms with Crippen LogP contribution in [0.25, 0.3) is 0 Å². The standard InChI is InChI=1S/C9H12N2.2C2H6/c1-6-3-8-7(2)10-5-9(8)11-4-6;2*1-2/h3-4,7,10H,5H2,1-2H3;2*1-2H3. The molecule has 0 bridgehead atoms.